The first-order valence-electron chi connectivity index (χ1n) is 5.21. The summed E-state index contributed by atoms with van der Waals surface area (Å²) >= 11 is -0.500. The van der Waals surface area contributed by atoms with E-state index in [0.717, 1.165) is 3.57 Å². The predicted octanol–water partition coefficient (Wildman–Crippen LogP) is -0.613. The number of halogens is 1. The third-order valence-electron chi connectivity index (χ3n) is 2.07. The molecule has 0 heterocycles. The van der Waals surface area contributed by atoms with Gasteiger partial charge in [0.25, 0.3) is 0 Å². The number of benzene rings is 2. The summed E-state index contributed by atoms with van der Waals surface area (Å²) in [6, 6.07) is 15.7. The Morgan fingerprint density at radius 3 is 2.05 bits per heavy atom. The van der Waals surface area contributed by atoms with Crippen molar-refractivity contribution >= 4 is 13.5 Å². The third kappa shape index (κ3) is 5.83. The summed E-state index contributed by atoms with van der Waals surface area (Å²) in [7, 11) is -4.20. The Morgan fingerprint density at radius 2 is 1.55 bits per heavy atom. The van der Waals surface area contributed by atoms with Crippen LogP contribution >= 0.6 is 7.82 Å². The SMILES string of the molecule is [B][I-]c1ccc(OP(=O)(O)Oc2cc[c-]cc2)cc1.[U]. The van der Waals surface area contributed by atoms with E-state index >= 15 is 0 Å². The fraction of sp³-hybridized carbons (Fsp3) is 0. The minimum absolute atomic E-state index is 0. The van der Waals surface area contributed by atoms with Crippen molar-refractivity contribution in [3.63, 3.8) is 0 Å². The topological polar surface area (TPSA) is 55.8 Å². The molecule has 0 aliphatic rings. The summed E-state index contributed by atoms with van der Waals surface area (Å²) in [5.74, 6) is 0.503. The van der Waals surface area contributed by atoms with Crippen LogP contribution in [-0.2, 0) is 4.57 Å². The molecule has 0 aromatic heterocycles. The van der Waals surface area contributed by atoms with Gasteiger partial charge in [-0.2, -0.15) is 0 Å². The van der Waals surface area contributed by atoms with Gasteiger partial charge in [-0.15, -0.1) is 0 Å². The van der Waals surface area contributed by atoms with Crippen molar-refractivity contribution in [2.75, 3.05) is 0 Å². The zero-order valence-corrected chi connectivity index (χ0v) is 17.4. The van der Waals surface area contributed by atoms with Crippen molar-refractivity contribution in [1.29, 1.82) is 0 Å². The summed E-state index contributed by atoms with van der Waals surface area (Å²) < 4.78 is 22.7. The minimum Gasteiger partial charge on any atom is 0 e. The predicted molar refractivity (Wildman–Crippen MR) is 67.3 cm³/mol. The van der Waals surface area contributed by atoms with Gasteiger partial charge in [0.2, 0.25) is 0 Å². The largest absolute Gasteiger partial charge is 0 e. The smallest absolute Gasteiger partial charge is 0 e. The number of rotatable bonds is 5. The Kier molecular flexibility index (Phi) is 7.71. The molecule has 0 fully saturated rings. The average molecular weight is 624 g/mol. The Bertz CT molecular complexity index is 582. The molecule has 2 rings (SSSR count). The fourth-order valence-corrected chi connectivity index (χ4v) is 2.87. The second kappa shape index (κ2) is 8.50. The molecule has 1 N–H and O–H groups in total. The first-order valence-corrected chi connectivity index (χ1v) is 9.03. The van der Waals surface area contributed by atoms with E-state index in [9.17, 15) is 9.46 Å². The van der Waals surface area contributed by atoms with E-state index in [1.165, 1.54) is 12.1 Å². The van der Waals surface area contributed by atoms with Crippen molar-refractivity contribution in [2.45, 2.75) is 0 Å². The van der Waals surface area contributed by atoms with Crippen LogP contribution < -0.4 is 30.0 Å². The zero-order chi connectivity index (χ0) is 13.7. The molecule has 1 unspecified atom stereocenters. The maximum atomic E-state index is 11.8. The summed E-state index contributed by atoms with van der Waals surface area (Å²) in [4.78, 5) is 9.63. The van der Waals surface area contributed by atoms with Gasteiger partial charge >= 0.3 is 123 Å². The summed E-state index contributed by atoms with van der Waals surface area (Å²) in [5.41, 5.74) is 5.57. The molecule has 4 nitrogen and oxygen atoms in total. The molecule has 1 atom stereocenters. The molecule has 0 aliphatic carbocycles. The standard InChI is InChI=1S/C12H9BIO4P.U/c13-14-10-6-8-12(9-7-10)18-19(15,16)17-11-4-2-1-3-5-11;/h2-9H,(H,15,16);/q-2;. The van der Waals surface area contributed by atoms with Crippen LogP contribution in [0.3, 0.4) is 0 Å². The third-order valence-corrected chi connectivity index (χ3v) is 4.39. The van der Waals surface area contributed by atoms with Crippen molar-refractivity contribution in [1.82, 2.24) is 0 Å². The van der Waals surface area contributed by atoms with Gasteiger partial charge < -0.3 is 0 Å². The monoisotopic (exact) mass is 624 g/mol. The normalized spacial score (nSPS) is 13.1. The van der Waals surface area contributed by atoms with Gasteiger partial charge in [0, 0.05) is 31.1 Å². The molecule has 20 heavy (non-hydrogen) atoms. The minimum atomic E-state index is -4.20. The molecule has 2 aromatic rings. The molecule has 2 aromatic carbocycles. The molecular formula is C12H9BIO4PU-2. The van der Waals surface area contributed by atoms with Gasteiger partial charge in [0.15, 0.2) is 0 Å². The van der Waals surface area contributed by atoms with Crippen molar-refractivity contribution in [3.8, 4) is 11.5 Å². The second-order valence-corrected chi connectivity index (χ2v) is 6.62. The van der Waals surface area contributed by atoms with E-state index in [0.29, 0.717) is 0 Å². The maximum absolute atomic E-state index is 11.8. The van der Waals surface area contributed by atoms with Gasteiger partial charge in [0.05, 0.1) is 0 Å². The summed E-state index contributed by atoms with van der Waals surface area (Å²) in [5, 5.41) is 0. The van der Waals surface area contributed by atoms with Crippen molar-refractivity contribution in [3.05, 3.63) is 58.2 Å². The summed E-state index contributed by atoms with van der Waals surface area (Å²) in [6.45, 7) is 0. The van der Waals surface area contributed by atoms with E-state index in [1.807, 2.05) is 0 Å². The van der Waals surface area contributed by atoms with E-state index in [-0.39, 0.29) is 42.6 Å². The van der Waals surface area contributed by atoms with E-state index in [2.05, 4.69) is 6.07 Å². The summed E-state index contributed by atoms with van der Waals surface area (Å²) in [6.07, 6.45) is 0. The molecule has 0 saturated carbocycles. The molecule has 0 saturated heterocycles. The van der Waals surface area contributed by atoms with Gasteiger partial charge in [-0.05, 0) is 0 Å². The van der Waals surface area contributed by atoms with E-state index in [4.69, 9.17) is 14.8 Å². The first kappa shape index (κ1) is 18.1. The quantitative estimate of drug-likeness (QED) is 0.209. The van der Waals surface area contributed by atoms with Crippen LogP contribution in [0, 0.1) is 40.7 Å². The van der Waals surface area contributed by atoms with Crippen LogP contribution in [0.25, 0.3) is 0 Å². The zero-order valence-electron chi connectivity index (χ0n) is 10.2. The second-order valence-electron chi connectivity index (χ2n) is 3.45. The molecular weight excluding hydrogens is 615 g/mol. The van der Waals surface area contributed by atoms with Crippen molar-refractivity contribution in [2.24, 2.45) is 0 Å². The maximum Gasteiger partial charge on any atom is 0 e. The molecule has 0 spiro atoms. The molecule has 0 amide bonds. The Hall–Kier alpha value is 0.0769. The fourth-order valence-electron chi connectivity index (χ4n) is 1.29. The molecule has 2 radical (unpaired) electrons. The molecule has 102 valence electrons. The van der Waals surface area contributed by atoms with E-state index < -0.39 is 28.8 Å². The number of phosphoric ester groups is 1. The number of hydrogen-bond donors (Lipinski definition) is 1. The number of phosphoric acid groups is 1. The van der Waals surface area contributed by atoms with Crippen LogP contribution in [-0.4, -0.2) is 10.6 Å². The van der Waals surface area contributed by atoms with Crippen LogP contribution in [0.15, 0.2) is 48.5 Å². The molecule has 0 bridgehead atoms. The Morgan fingerprint density at radius 1 is 1.05 bits per heavy atom. The van der Waals surface area contributed by atoms with Gasteiger partial charge in [0.1, 0.15) is 0 Å². The Balaban J connectivity index is 0.00000200. The van der Waals surface area contributed by atoms with Gasteiger partial charge in [-0.1, -0.05) is 0 Å². The molecule has 8 heteroatoms. The van der Waals surface area contributed by atoms with Crippen LogP contribution in [0.2, 0.25) is 0 Å². The average Bonchev–Trinajstić information content (AvgIpc) is 2.39. The van der Waals surface area contributed by atoms with Crippen LogP contribution in [0.5, 0.6) is 11.5 Å². The Labute approximate surface area is 152 Å². The van der Waals surface area contributed by atoms with Crippen LogP contribution in [0.4, 0.5) is 0 Å². The number of hydrogen-bond acceptors (Lipinski definition) is 3. The molecule has 0 aliphatic heterocycles. The van der Waals surface area contributed by atoms with E-state index in [1.54, 1.807) is 36.4 Å². The van der Waals surface area contributed by atoms with Gasteiger partial charge in [-0.3, -0.25) is 0 Å². The van der Waals surface area contributed by atoms with Crippen LogP contribution in [0.1, 0.15) is 0 Å². The van der Waals surface area contributed by atoms with Gasteiger partial charge in [-0.25, -0.2) is 0 Å². The van der Waals surface area contributed by atoms with Crippen molar-refractivity contribution < 1.29 is 70.6 Å². The first-order chi connectivity index (χ1) is 9.09.